The van der Waals surface area contributed by atoms with Crippen molar-refractivity contribution in [3.05, 3.63) is 59.7 Å². The molecule has 0 saturated carbocycles. The lowest BCUT2D eigenvalue weighted by molar-refractivity contribution is -0.0502. The van der Waals surface area contributed by atoms with Crippen molar-refractivity contribution >= 4 is 11.6 Å². The number of para-hydroxylation sites is 1. The van der Waals surface area contributed by atoms with E-state index in [9.17, 15) is 13.6 Å². The van der Waals surface area contributed by atoms with E-state index in [2.05, 4.69) is 21.8 Å². The predicted molar refractivity (Wildman–Crippen MR) is 101 cm³/mol. The number of carbonyl (C=O) groups excluding carboxylic acids is 1. The van der Waals surface area contributed by atoms with Crippen LogP contribution < -0.4 is 9.64 Å². The molecule has 0 atom stereocenters. The first-order chi connectivity index (χ1) is 13.0. The third-order valence-electron chi connectivity index (χ3n) is 4.76. The van der Waals surface area contributed by atoms with Crippen molar-refractivity contribution in [3.8, 4) is 5.75 Å². The maximum Gasteiger partial charge on any atom is 0.387 e. The number of amides is 1. The van der Waals surface area contributed by atoms with Crippen molar-refractivity contribution < 1.29 is 18.3 Å². The average Bonchev–Trinajstić information content (AvgIpc) is 2.68. The quantitative estimate of drug-likeness (QED) is 0.744. The van der Waals surface area contributed by atoms with Gasteiger partial charge in [-0.15, -0.1) is 0 Å². The molecular formula is C21H24F2N2O2. The third kappa shape index (κ3) is 4.96. The molecule has 1 fully saturated rings. The zero-order valence-electron chi connectivity index (χ0n) is 15.4. The molecule has 0 unspecified atom stereocenters. The minimum Gasteiger partial charge on any atom is -0.434 e. The Hall–Kier alpha value is -2.63. The number of ether oxygens (including phenoxy) is 1. The van der Waals surface area contributed by atoms with E-state index in [0.717, 1.165) is 18.7 Å². The van der Waals surface area contributed by atoms with Gasteiger partial charge in [0, 0.05) is 32.4 Å². The van der Waals surface area contributed by atoms with Crippen LogP contribution in [-0.2, 0) is 6.54 Å². The molecule has 0 spiro atoms. The fourth-order valence-electron chi connectivity index (χ4n) is 3.36. The molecule has 6 heteroatoms. The zero-order chi connectivity index (χ0) is 19.2. The van der Waals surface area contributed by atoms with Crippen LogP contribution in [0, 0.1) is 0 Å². The summed E-state index contributed by atoms with van der Waals surface area (Å²) in [5, 5.41) is 0. The number of hydrogen-bond donors (Lipinski definition) is 0. The van der Waals surface area contributed by atoms with Gasteiger partial charge in [0.1, 0.15) is 5.75 Å². The lowest BCUT2D eigenvalue weighted by atomic mass is 10.1. The summed E-state index contributed by atoms with van der Waals surface area (Å²) in [7, 11) is 1.65. The van der Waals surface area contributed by atoms with Crippen LogP contribution in [0.5, 0.6) is 5.75 Å². The van der Waals surface area contributed by atoms with Gasteiger partial charge in [-0.3, -0.25) is 4.79 Å². The maximum atomic E-state index is 12.7. The Morgan fingerprint density at radius 3 is 2.41 bits per heavy atom. The van der Waals surface area contributed by atoms with E-state index in [-0.39, 0.29) is 17.2 Å². The Morgan fingerprint density at radius 1 is 1.07 bits per heavy atom. The van der Waals surface area contributed by atoms with Crippen molar-refractivity contribution in [2.45, 2.75) is 32.4 Å². The molecule has 0 radical (unpaired) electrons. The van der Waals surface area contributed by atoms with Gasteiger partial charge >= 0.3 is 6.61 Å². The van der Waals surface area contributed by atoms with E-state index in [0.29, 0.717) is 6.54 Å². The molecule has 144 valence electrons. The molecule has 2 aromatic carbocycles. The first kappa shape index (κ1) is 19.1. The van der Waals surface area contributed by atoms with Gasteiger partial charge in [-0.25, -0.2) is 0 Å². The SMILES string of the molecule is CN(Cc1ccc(N2CCCCC2)cc1)C(=O)c1ccccc1OC(F)F. The number of piperidine rings is 1. The maximum absolute atomic E-state index is 12.7. The fraction of sp³-hybridized carbons (Fsp3) is 0.381. The highest BCUT2D eigenvalue weighted by Gasteiger charge is 2.19. The number of anilines is 1. The lowest BCUT2D eigenvalue weighted by Gasteiger charge is -2.29. The van der Waals surface area contributed by atoms with Crippen molar-refractivity contribution in [2.24, 2.45) is 0 Å². The van der Waals surface area contributed by atoms with Crippen molar-refractivity contribution in [3.63, 3.8) is 0 Å². The predicted octanol–water partition coefficient (Wildman–Crippen LogP) is 4.55. The summed E-state index contributed by atoms with van der Waals surface area (Å²) >= 11 is 0. The van der Waals surface area contributed by atoms with Crippen LogP contribution in [0.1, 0.15) is 35.2 Å². The van der Waals surface area contributed by atoms with E-state index in [1.165, 1.54) is 42.0 Å². The third-order valence-corrected chi connectivity index (χ3v) is 4.76. The Labute approximate surface area is 158 Å². The summed E-state index contributed by atoms with van der Waals surface area (Å²) in [5.41, 5.74) is 2.31. The van der Waals surface area contributed by atoms with Gasteiger partial charge < -0.3 is 14.5 Å². The number of halogens is 2. The standard InChI is InChI=1S/C21H24F2N2O2/c1-24(20(26)18-7-3-4-8-19(18)27-21(22)23)15-16-9-11-17(12-10-16)25-13-5-2-6-14-25/h3-4,7-12,21H,2,5-6,13-15H2,1H3. The molecule has 2 aromatic rings. The van der Waals surface area contributed by atoms with Crippen LogP contribution in [0.2, 0.25) is 0 Å². The molecule has 4 nitrogen and oxygen atoms in total. The highest BCUT2D eigenvalue weighted by Crippen LogP contribution is 2.23. The van der Waals surface area contributed by atoms with Gasteiger partial charge in [0.15, 0.2) is 0 Å². The number of carbonyl (C=O) groups is 1. The number of nitrogens with zero attached hydrogens (tertiary/aromatic N) is 2. The number of alkyl halides is 2. The highest BCUT2D eigenvalue weighted by molar-refractivity contribution is 5.96. The van der Waals surface area contributed by atoms with Gasteiger partial charge in [0.25, 0.3) is 5.91 Å². The largest absolute Gasteiger partial charge is 0.434 e. The Bertz CT molecular complexity index is 759. The molecule has 0 aromatic heterocycles. The van der Waals surface area contributed by atoms with Gasteiger partial charge in [-0.05, 0) is 49.1 Å². The van der Waals surface area contributed by atoms with Gasteiger partial charge in [0.05, 0.1) is 5.56 Å². The minimum absolute atomic E-state index is 0.107. The summed E-state index contributed by atoms with van der Waals surface area (Å²) in [6.45, 7) is -0.411. The summed E-state index contributed by atoms with van der Waals surface area (Å²) in [4.78, 5) is 16.5. The van der Waals surface area contributed by atoms with Gasteiger partial charge in [-0.2, -0.15) is 8.78 Å². The molecule has 0 bridgehead atoms. The number of hydrogen-bond acceptors (Lipinski definition) is 3. The molecule has 1 heterocycles. The van der Waals surface area contributed by atoms with Crippen LogP contribution >= 0.6 is 0 Å². The molecule has 27 heavy (non-hydrogen) atoms. The van der Waals surface area contributed by atoms with Crippen LogP contribution in [0.25, 0.3) is 0 Å². The topological polar surface area (TPSA) is 32.8 Å². The monoisotopic (exact) mass is 374 g/mol. The highest BCUT2D eigenvalue weighted by atomic mass is 19.3. The normalized spacial score (nSPS) is 14.3. The van der Waals surface area contributed by atoms with E-state index in [4.69, 9.17) is 0 Å². The van der Waals surface area contributed by atoms with E-state index in [1.54, 1.807) is 19.2 Å². The van der Waals surface area contributed by atoms with Crippen LogP contribution in [-0.4, -0.2) is 37.6 Å². The molecule has 1 amide bonds. The molecular weight excluding hydrogens is 350 g/mol. The van der Waals surface area contributed by atoms with Gasteiger partial charge in [0.2, 0.25) is 0 Å². The van der Waals surface area contributed by atoms with E-state index < -0.39 is 6.61 Å². The smallest absolute Gasteiger partial charge is 0.387 e. The first-order valence-corrected chi connectivity index (χ1v) is 9.18. The summed E-state index contributed by atoms with van der Waals surface area (Å²) < 4.78 is 29.6. The van der Waals surface area contributed by atoms with Crippen molar-refractivity contribution in [1.82, 2.24) is 4.90 Å². The minimum atomic E-state index is -2.97. The molecule has 1 saturated heterocycles. The second-order valence-corrected chi connectivity index (χ2v) is 6.75. The van der Waals surface area contributed by atoms with Crippen LogP contribution in [0.15, 0.2) is 48.5 Å². The number of benzene rings is 2. The fourth-order valence-corrected chi connectivity index (χ4v) is 3.36. The second-order valence-electron chi connectivity index (χ2n) is 6.75. The second kappa shape index (κ2) is 8.84. The van der Waals surface area contributed by atoms with E-state index >= 15 is 0 Å². The number of rotatable bonds is 6. The summed E-state index contributed by atoms with van der Waals surface area (Å²) in [5.74, 6) is -0.462. The Balaban J connectivity index is 1.66. The Morgan fingerprint density at radius 2 is 1.74 bits per heavy atom. The van der Waals surface area contributed by atoms with Crippen LogP contribution in [0.3, 0.4) is 0 Å². The first-order valence-electron chi connectivity index (χ1n) is 9.18. The zero-order valence-corrected chi connectivity index (χ0v) is 15.4. The lowest BCUT2D eigenvalue weighted by Crippen LogP contribution is -2.29. The molecule has 1 aliphatic heterocycles. The molecule has 0 N–H and O–H groups in total. The van der Waals surface area contributed by atoms with Crippen molar-refractivity contribution in [1.29, 1.82) is 0 Å². The average molecular weight is 374 g/mol. The van der Waals surface area contributed by atoms with Gasteiger partial charge in [-0.1, -0.05) is 24.3 Å². The van der Waals surface area contributed by atoms with Crippen LogP contribution in [0.4, 0.5) is 14.5 Å². The van der Waals surface area contributed by atoms with E-state index in [1.807, 2.05) is 12.1 Å². The molecule has 1 aliphatic rings. The summed E-state index contributed by atoms with van der Waals surface area (Å²) in [6, 6.07) is 14.2. The molecule has 0 aliphatic carbocycles. The van der Waals surface area contributed by atoms with Crippen molar-refractivity contribution in [2.75, 3.05) is 25.0 Å². The molecule has 3 rings (SSSR count). The summed E-state index contributed by atoms with van der Waals surface area (Å²) in [6.07, 6.45) is 3.73. The Kier molecular flexibility index (Phi) is 6.27.